The first-order valence-electron chi connectivity index (χ1n) is 11.8. The molecule has 0 aliphatic heterocycles. The molecular formula is C29H28ClN3O4. The molecule has 7 nitrogen and oxygen atoms in total. The number of halogens is 1. The van der Waals surface area contributed by atoms with Crippen LogP contribution in [0.2, 0.25) is 5.02 Å². The van der Waals surface area contributed by atoms with Gasteiger partial charge in [-0.05, 0) is 81.8 Å². The fourth-order valence-electron chi connectivity index (χ4n) is 3.40. The Bertz CT molecular complexity index is 1370. The molecule has 0 radical (unpaired) electrons. The first-order valence-corrected chi connectivity index (χ1v) is 12.1. The number of hydrogen-bond donors (Lipinski definition) is 0. The zero-order valence-electron chi connectivity index (χ0n) is 21.1. The Morgan fingerprint density at radius 3 is 2.32 bits per heavy atom. The standard InChI is InChI=1S/C29H28ClN3O4/c1-20-26(18-31-35-19-21-10-12-22(13-11-21)28(34)37-29(2,3)4)27(36-25-16-14-23(30)15-17-25)33(32-20)24-8-6-5-7-9-24/h5-18H,19H2,1-4H3/b31-18+. The Morgan fingerprint density at radius 2 is 1.68 bits per heavy atom. The molecule has 0 spiro atoms. The normalized spacial score (nSPS) is 11.5. The number of benzene rings is 3. The van der Waals surface area contributed by atoms with Crippen molar-refractivity contribution in [3.8, 4) is 17.3 Å². The summed E-state index contributed by atoms with van der Waals surface area (Å²) in [6, 6.07) is 23.8. The van der Waals surface area contributed by atoms with Crippen molar-refractivity contribution >= 4 is 23.8 Å². The van der Waals surface area contributed by atoms with E-state index in [2.05, 4.69) is 10.3 Å². The van der Waals surface area contributed by atoms with Crippen LogP contribution in [0.1, 0.15) is 48.0 Å². The van der Waals surface area contributed by atoms with E-state index in [0.717, 1.165) is 16.9 Å². The highest BCUT2D eigenvalue weighted by Crippen LogP contribution is 2.30. The summed E-state index contributed by atoms with van der Waals surface area (Å²) in [5.41, 5.74) is 3.05. The number of carbonyl (C=O) groups is 1. The van der Waals surface area contributed by atoms with Crippen LogP contribution in [0, 0.1) is 6.92 Å². The van der Waals surface area contributed by atoms with Gasteiger partial charge >= 0.3 is 5.97 Å². The van der Waals surface area contributed by atoms with Gasteiger partial charge in [0.1, 0.15) is 18.0 Å². The minimum Gasteiger partial charge on any atom is -0.456 e. The molecule has 3 aromatic carbocycles. The van der Waals surface area contributed by atoms with Crippen LogP contribution in [0.4, 0.5) is 0 Å². The number of aromatic nitrogens is 2. The molecule has 0 aliphatic rings. The smallest absolute Gasteiger partial charge is 0.338 e. The molecule has 8 heteroatoms. The van der Waals surface area contributed by atoms with E-state index in [9.17, 15) is 4.79 Å². The van der Waals surface area contributed by atoms with E-state index >= 15 is 0 Å². The monoisotopic (exact) mass is 517 g/mol. The highest BCUT2D eigenvalue weighted by atomic mass is 35.5. The third kappa shape index (κ3) is 6.98. The van der Waals surface area contributed by atoms with Crippen LogP contribution in [0.3, 0.4) is 0 Å². The van der Waals surface area contributed by atoms with Crippen molar-refractivity contribution in [1.82, 2.24) is 9.78 Å². The molecule has 4 aromatic rings. The summed E-state index contributed by atoms with van der Waals surface area (Å²) in [6.45, 7) is 7.61. The zero-order valence-corrected chi connectivity index (χ0v) is 21.9. The number of nitrogens with zero attached hydrogens (tertiary/aromatic N) is 3. The van der Waals surface area contributed by atoms with Gasteiger partial charge in [-0.15, -0.1) is 0 Å². The van der Waals surface area contributed by atoms with Gasteiger partial charge in [0.05, 0.1) is 28.7 Å². The molecule has 0 saturated carbocycles. The SMILES string of the molecule is Cc1nn(-c2ccccc2)c(Oc2ccc(Cl)cc2)c1/C=N/OCc1ccc(C(=O)OC(C)(C)C)cc1. The van der Waals surface area contributed by atoms with Crippen molar-refractivity contribution in [1.29, 1.82) is 0 Å². The highest BCUT2D eigenvalue weighted by Gasteiger charge is 2.19. The van der Waals surface area contributed by atoms with Gasteiger partial charge in [0.2, 0.25) is 5.88 Å². The molecule has 37 heavy (non-hydrogen) atoms. The van der Waals surface area contributed by atoms with Crippen molar-refractivity contribution in [2.24, 2.45) is 5.16 Å². The number of aryl methyl sites for hydroxylation is 1. The fraction of sp³-hybridized carbons (Fsp3) is 0.207. The maximum absolute atomic E-state index is 12.2. The van der Waals surface area contributed by atoms with Crippen molar-refractivity contribution in [2.75, 3.05) is 0 Å². The van der Waals surface area contributed by atoms with Crippen molar-refractivity contribution < 1.29 is 19.1 Å². The predicted molar refractivity (Wildman–Crippen MR) is 144 cm³/mol. The fourth-order valence-corrected chi connectivity index (χ4v) is 3.53. The molecular weight excluding hydrogens is 490 g/mol. The average Bonchev–Trinajstić information content (AvgIpc) is 3.18. The topological polar surface area (TPSA) is 74.9 Å². The van der Waals surface area contributed by atoms with E-state index in [1.54, 1.807) is 47.3 Å². The number of para-hydroxylation sites is 1. The van der Waals surface area contributed by atoms with Crippen molar-refractivity contribution in [2.45, 2.75) is 39.9 Å². The molecule has 1 aromatic heterocycles. The second kappa shape index (κ2) is 11.3. The summed E-state index contributed by atoms with van der Waals surface area (Å²) in [5.74, 6) is 0.749. The summed E-state index contributed by atoms with van der Waals surface area (Å²) in [6.07, 6.45) is 1.59. The number of hydrogen-bond acceptors (Lipinski definition) is 6. The van der Waals surface area contributed by atoms with Crippen LogP contribution < -0.4 is 4.74 Å². The summed E-state index contributed by atoms with van der Waals surface area (Å²) in [5, 5.41) is 9.43. The lowest BCUT2D eigenvalue weighted by atomic mass is 10.1. The average molecular weight is 518 g/mol. The number of rotatable bonds is 8. The summed E-state index contributed by atoms with van der Waals surface area (Å²) in [4.78, 5) is 17.7. The Balaban J connectivity index is 1.50. The lowest BCUT2D eigenvalue weighted by Gasteiger charge is -2.19. The second-order valence-corrected chi connectivity index (χ2v) is 9.75. The van der Waals surface area contributed by atoms with E-state index in [0.29, 0.717) is 27.8 Å². The molecule has 0 saturated heterocycles. The molecule has 190 valence electrons. The van der Waals surface area contributed by atoms with Gasteiger partial charge in [0, 0.05) is 5.02 Å². The Morgan fingerprint density at radius 1 is 1.00 bits per heavy atom. The maximum Gasteiger partial charge on any atom is 0.338 e. The Labute approximate surface area is 221 Å². The first-order chi connectivity index (χ1) is 17.7. The maximum atomic E-state index is 12.2. The van der Waals surface area contributed by atoms with Gasteiger partial charge < -0.3 is 14.3 Å². The summed E-state index contributed by atoms with van der Waals surface area (Å²) < 4.78 is 13.3. The third-order valence-electron chi connectivity index (χ3n) is 5.17. The first kappa shape index (κ1) is 26.0. The quantitative estimate of drug-likeness (QED) is 0.141. The van der Waals surface area contributed by atoms with Gasteiger partial charge in [-0.3, -0.25) is 0 Å². The van der Waals surface area contributed by atoms with Crippen molar-refractivity contribution in [3.63, 3.8) is 0 Å². The third-order valence-corrected chi connectivity index (χ3v) is 5.42. The predicted octanol–water partition coefficient (Wildman–Crippen LogP) is 7.13. The lowest BCUT2D eigenvalue weighted by molar-refractivity contribution is 0.00694. The van der Waals surface area contributed by atoms with E-state index < -0.39 is 5.60 Å². The Hall–Kier alpha value is -4.10. The van der Waals surface area contributed by atoms with E-state index in [-0.39, 0.29) is 12.6 Å². The molecule has 0 N–H and O–H groups in total. The largest absolute Gasteiger partial charge is 0.456 e. The lowest BCUT2D eigenvalue weighted by Crippen LogP contribution is -2.23. The van der Waals surface area contributed by atoms with E-state index in [1.165, 1.54) is 0 Å². The van der Waals surface area contributed by atoms with E-state index in [1.807, 2.05) is 70.2 Å². The molecule has 0 unspecified atom stereocenters. The summed E-state index contributed by atoms with van der Waals surface area (Å²) in [7, 11) is 0. The van der Waals surface area contributed by atoms with Crippen LogP contribution in [0.25, 0.3) is 5.69 Å². The van der Waals surface area contributed by atoms with Gasteiger partial charge in [-0.25, -0.2) is 4.79 Å². The molecule has 0 bridgehead atoms. The van der Waals surface area contributed by atoms with E-state index in [4.69, 9.17) is 25.9 Å². The number of ether oxygens (including phenoxy) is 2. The molecule has 0 atom stereocenters. The van der Waals surface area contributed by atoms with Crippen LogP contribution in [0.15, 0.2) is 84.0 Å². The zero-order chi connectivity index (χ0) is 26.4. The molecule has 4 rings (SSSR count). The van der Waals surface area contributed by atoms with Crippen LogP contribution in [-0.2, 0) is 16.2 Å². The molecule has 0 amide bonds. The van der Waals surface area contributed by atoms with Gasteiger partial charge in [-0.1, -0.05) is 47.1 Å². The minimum absolute atomic E-state index is 0.227. The second-order valence-electron chi connectivity index (χ2n) is 9.31. The van der Waals surface area contributed by atoms with Crippen LogP contribution in [0.5, 0.6) is 11.6 Å². The Kier molecular flexibility index (Phi) is 7.94. The molecule has 1 heterocycles. The number of carbonyl (C=O) groups excluding carboxylic acids is 1. The van der Waals surface area contributed by atoms with Crippen LogP contribution in [-0.4, -0.2) is 27.6 Å². The van der Waals surface area contributed by atoms with Gasteiger partial charge in [0.15, 0.2) is 0 Å². The summed E-state index contributed by atoms with van der Waals surface area (Å²) >= 11 is 6.03. The van der Waals surface area contributed by atoms with Gasteiger partial charge in [0.25, 0.3) is 0 Å². The molecule has 0 aliphatic carbocycles. The molecule has 0 fully saturated rings. The highest BCUT2D eigenvalue weighted by molar-refractivity contribution is 6.30. The van der Waals surface area contributed by atoms with Crippen molar-refractivity contribution in [3.05, 3.63) is 106 Å². The van der Waals surface area contributed by atoms with Gasteiger partial charge in [-0.2, -0.15) is 9.78 Å². The number of oxime groups is 1. The van der Waals surface area contributed by atoms with Crippen LogP contribution >= 0.6 is 11.6 Å². The number of esters is 1. The minimum atomic E-state index is -0.545.